The molecule has 2 amide bonds. The number of carbonyl (C=O) groups is 3. The SMILES string of the molecule is COc1ccc(OC)c(NC(=O)C(=O)NN=Cc2ccccc2OC(=O)c2cccs2)c1. The minimum Gasteiger partial charge on any atom is -0.497 e. The Balaban J connectivity index is 1.63. The van der Waals surface area contributed by atoms with Crippen LogP contribution in [-0.2, 0) is 9.59 Å². The number of para-hydroxylation sites is 1. The maximum absolute atomic E-state index is 12.2. The Hall–Kier alpha value is -4.18. The molecule has 0 atom stereocenters. The quantitative estimate of drug-likeness (QED) is 0.187. The van der Waals surface area contributed by atoms with Crippen molar-refractivity contribution in [3.8, 4) is 17.2 Å². The summed E-state index contributed by atoms with van der Waals surface area (Å²) in [5, 5.41) is 7.99. The third-order valence-corrected chi connectivity index (χ3v) is 4.92. The monoisotopic (exact) mass is 453 g/mol. The molecule has 9 nitrogen and oxygen atoms in total. The number of ether oxygens (including phenoxy) is 3. The molecular formula is C22H19N3O6S. The highest BCUT2D eigenvalue weighted by atomic mass is 32.1. The zero-order valence-corrected chi connectivity index (χ0v) is 18.0. The van der Waals surface area contributed by atoms with Crippen LogP contribution in [0.3, 0.4) is 0 Å². The van der Waals surface area contributed by atoms with Crippen LogP contribution in [0.5, 0.6) is 17.2 Å². The summed E-state index contributed by atoms with van der Waals surface area (Å²) in [7, 11) is 2.91. The van der Waals surface area contributed by atoms with E-state index in [1.54, 1.807) is 53.9 Å². The predicted molar refractivity (Wildman–Crippen MR) is 120 cm³/mol. The number of anilines is 1. The van der Waals surface area contributed by atoms with Gasteiger partial charge in [-0.1, -0.05) is 18.2 Å². The molecule has 0 bridgehead atoms. The topological polar surface area (TPSA) is 115 Å². The van der Waals surface area contributed by atoms with E-state index in [-0.39, 0.29) is 11.4 Å². The van der Waals surface area contributed by atoms with E-state index in [1.165, 1.54) is 37.8 Å². The Labute approximate surface area is 187 Å². The van der Waals surface area contributed by atoms with Gasteiger partial charge in [-0.05, 0) is 35.7 Å². The third kappa shape index (κ3) is 5.70. The van der Waals surface area contributed by atoms with Gasteiger partial charge in [-0.25, -0.2) is 10.2 Å². The van der Waals surface area contributed by atoms with Gasteiger partial charge in [0.15, 0.2) is 0 Å². The second-order valence-corrected chi connectivity index (χ2v) is 7.07. The number of hydrogen-bond acceptors (Lipinski definition) is 8. The molecule has 3 rings (SSSR count). The highest BCUT2D eigenvalue weighted by molar-refractivity contribution is 7.12. The van der Waals surface area contributed by atoms with Crippen molar-refractivity contribution >= 4 is 41.0 Å². The smallest absolute Gasteiger partial charge is 0.353 e. The van der Waals surface area contributed by atoms with E-state index in [2.05, 4.69) is 15.8 Å². The first-order valence-electron chi connectivity index (χ1n) is 9.23. The van der Waals surface area contributed by atoms with Crippen LogP contribution in [0.1, 0.15) is 15.2 Å². The fraction of sp³-hybridized carbons (Fsp3) is 0.0909. The number of nitrogens with zero attached hydrogens (tertiary/aromatic N) is 1. The number of esters is 1. The number of methoxy groups -OCH3 is 2. The fourth-order valence-electron chi connectivity index (χ4n) is 2.53. The van der Waals surface area contributed by atoms with E-state index in [0.717, 1.165) is 0 Å². The van der Waals surface area contributed by atoms with Gasteiger partial charge in [-0.15, -0.1) is 11.3 Å². The Bertz CT molecular complexity index is 1140. The van der Waals surface area contributed by atoms with Gasteiger partial charge in [-0.2, -0.15) is 5.10 Å². The van der Waals surface area contributed by atoms with Crippen molar-refractivity contribution in [2.24, 2.45) is 5.10 Å². The summed E-state index contributed by atoms with van der Waals surface area (Å²) in [6, 6.07) is 14.8. The van der Waals surface area contributed by atoms with E-state index in [0.29, 0.717) is 21.9 Å². The molecular weight excluding hydrogens is 434 g/mol. The Morgan fingerprint density at radius 2 is 1.75 bits per heavy atom. The predicted octanol–water partition coefficient (Wildman–Crippen LogP) is 3.07. The minimum absolute atomic E-state index is 0.259. The average molecular weight is 453 g/mol. The zero-order valence-electron chi connectivity index (χ0n) is 17.2. The van der Waals surface area contributed by atoms with Crippen LogP contribution in [0.4, 0.5) is 5.69 Å². The molecule has 1 heterocycles. The van der Waals surface area contributed by atoms with Crippen molar-refractivity contribution in [3.63, 3.8) is 0 Å². The van der Waals surface area contributed by atoms with Crippen LogP contribution in [-0.4, -0.2) is 38.2 Å². The Morgan fingerprint density at radius 1 is 0.938 bits per heavy atom. The first-order chi connectivity index (χ1) is 15.5. The molecule has 0 unspecified atom stereocenters. The molecule has 0 spiro atoms. The Morgan fingerprint density at radius 3 is 2.47 bits per heavy atom. The third-order valence-electron chi connectivity index (χ3n) is 4.07. The van der Waals surface area contributed by atoms with Crippen LogP contribution >= 0.6 is 11.3 Å². The lowest BCUT2D eigenvalue weighted by atomic mass is 10.2. The number of rotatable bonds is 7. The molecule has 2 N–H and O–H groups in total. The lowest BCUT2D eigenvalue weighted by Gasteiger charge is -2.11. The van der Waals surface area contributed by atoms with Gasteiger partial charge >= 0.3 is 17.8 Å². The summed E-state index contributed by atoms with van der Waals surface area (Å²) in [5.41, 5.74) is 2.84. The summed E-state index contributed by atoms with van der Waals surface area (Å²) in [6.45, 7) is 0. The summed E-state index contributed by atoms with van der Waals surface area (Å²) in [6.07, 6.45) is 1.27. The van der Waals surface area contributed by atoms with Gasteiger partial charge in [0.05, 0.1) is 26.1 Å². The molecule has 164 valence electrons. The number of benzene rings is 2. The van der Waals surface area contributed by atoms with Gasteiger partial charge in [0.2, 0.25) is 0 Å². The highest BCUT2D eigenvalue weighted by Gasteiger charge is 2.16. The van der Waals surface area contributed by atoms with Crippen molar-refractivity contribution in [2.75, 3.05) is 19.5 Å². The molecule has 0 aliphatic rings. The number of carbonyl (C=O) groups excluding carboxylic acids is 3. The number of nitrogens with one attached hydrogen (secondary N) is 2. The van der Waals surface area contributed by atoms with Crippen molar-refractivity contribution < 1.29 is 28.6 Å². The molecule has 10 heteroatoms. The van der Waals surface area contributed by atoms with Crippen molar-refractivity contribution in [3.05, 3.63) is 70.4 Å². The average Bonchev–Trinajstić information content (AvgIpc) is 3.35. The standard InChI is InChI=1S/C22H19N3O6S/c1-29-15-9-10-18(30-2)16(12-15)24-20(26)21(27)25-23-13-14-6-3-4-7-17(14)31-22(28)19-8-5-11-32-19/h3-13H,1-2H3,(H,24,26)(H,25,27). The van der Waals surface area contributed by atoms with Gasteiger partial charge in [-0.3, -0.25) is 9.59 Å². The number of amides is 2. The summed E-state index contributed by atoms with van der Waals surface area (Å²) >= 11 is 1.26. The van der Waals surface area contributed by atoms with Crippen molar-refractivity contribution in [2.45, 2.75) is 0 Å². The van der Waals surface area contributed by atoms with Crippen molar-refractivity contribution in [1.82, 2.24) is 5.43 Å². The fourth-order valence-corrected chi connectivity index (χ4v) is 3.13. The first-order valence-corrected chi connectivity index (χ1v) is 10.1. The number of thiophene rings is 1. The lowest BCUT2D eigenvalue weighted by Crippen LogP contribution is -2.32. The molecule has 1 aromatic heterocycles. The van der Waals surface area contributed by atoms with Gasteiger partial charge in [0.1, 0.15) is 22.1 Å². The second-order valence-electron chi connectivity index (χ2n) is 6.12. The first kappa shape index (κ1) is 22.5. The summed E-state index contributed by atoms with van der Waals surface area (Å²) in [5.74, 6) is -1.36. The van der Waals surface area contributed by atoms with Crippen LogP contribution in [0.15, 0.2) is 65.1 Å². The maximum Gasteiger partial charge on any atom is 0.353 e. The lowest BCUT2D eigenvalue weighted by molar-refractivity contribution is -0.136. The van der Waals surface area contributed by atoms with E-state index in [4.69, 9.17) is 14.2 Å². The highest BCUT2D eigenvalue weighted by Crippen LogP contribution is 2.28. The molecule has 0 aliphatic heterocycles. The summed E-state index contributed by atoms with van der Waals surface area (Å²) in [4.78, 5) is 36.9. The van der Waals surface area contributed by atoms with Crippen LogP contribution in [0.2, 0.25) is 0 Å². The van der Waals surface area contributed by atoms with Crippen LogP contribution in [0, 0.1) is 0 Å². The van der Waals surface area contributed by atoms with Gasteiger partial charge in [0, 0.05) is 11.6 Å². The molecule has 3 aromatic rings. The molecule has 0 aliphatic carbocycles. The molecule has 2 aromatic carbocycles. The van der Waals surface area contributed by atoms with Crippen LogP contribution < -0.4 is 25.0 Å². The molecule has 0 radical (unpaired) electrons. The second kappa shape index (κ2) is 10.7. The van der Waals surface area contributed by atoms with Crippen molar-refractivity contribution in [1.29, 1.82) is 0 Å². The molecule has 0 fully saturated rings. The minimum atomic E-state index is -1.00. The van der Waals surface area contributed by atoms with E-state index >= 15 is 0 Å². The Kier molecular flexibility index (Phi) is 7.55. The summed E-state index contributed by atoms with van der Waals surface area (Å²) < 4.78 is 15.7. The maximum atomic E-state index is 12.2. The number of hydrazone groups is 1. The molecule has 0 saturated carbocycles. The zero-order chi connectivity index (χ0) is 22.9. The van der Waals surface area contributed by atoms with E-state index < -0.39 is 17.8 Å². The van der Waals surface area contributed by atoms with E-state index in [9.17, 15) is 14.4 Å². The van der Waals surface area contributed by atoms with Gasteiger partial charge < -0.3 is 19.5 Å². The molecule has 32 heavy (non-hydrogen) atoms. The van der Waals surface area contributed by atoms with E-state index in [1.807, 2.05) is 0 Å². The normalized spacial score (nSPS) is 10.4. The van der Waals surface area contributed by atoms with Gasteiger partial charge in [0.25, 0.3) is 0 Å². The van der Waals surface area contributed by atoms with Crippen LogP contribution in [0.25, 0.3) is 0 Å². The molecule has 0 saturated heterocycles. The largest absolute Gasteiger partial charge is 0.497 e. The number of hydrogen-bond donors (Lipinski definition) is 2.